The Bertz CT molecular complexity index is 639. The van der Waals surface area contributed by atoms with Crippen LogP contribution in [0.5, 0.6) is 5.75 Å². The van der Waals surface area contributed by atoms with Gasteiger partial charge in [0.25, 0.3) is 0 Å². The van der Waals surface area contributed by atoms with Gasteiger partial charge in [0, 0.05) is 24.1 Å². The number of benzene rings is 2. The molecule has 2 aromatic carbocycles. The van der Waals surface area contributed by atoms with Crippen LogP contribution >= 0.6 is 0 Å². The molecule has 0 fully saturated rings. The van der Waals surface area contributed by atoms with E-state index in [1.807, 2.05) is 0 Å². The summed E-state index contributed by atoms with van der Waals surface area (Å²) in [6.07, 6.45) is -0.215. The molecule has 20 heavy (non-hydrogen) atoms. The molecule has 2 nitrogen and oxygen atoms in total. The van der Waals surface area contributed by atoms with E-state index in [0.29, 0.717) is 23.3 Å². The molecular formula is C15H12F3NO. The lowest BCUT2D eigenvalue weighted by Crippen LogP contribution is -2.24. The third-order valence-electron chi connectivity index (χ3n) is 3.37. The predicted molar refractivity (Wildman–Crippen MR) is 67.7 cm³/mol. The van der Waals surface area contributed by atoms with Crippen LogP contribution in [0.25, 0.3) is 0 Å². The fourth-order valence-electron chi connectivity index (χ4n) is 2.44. The molecule has 1 aliphatic heterocycles. The summed E-state index contributed by atoms with van der Waals surface area (Å²) in [5.41, 5.74) is 6.93. The molecule has 0 aromatic heterocycles. The van der Waals surface area contributed by atoms with Crippen LogP contribution in [-0.2, 0) is 0 Å². The van der Waals surface area contributed by atoms with Crippen LogP contribution in [0.1, 0.15) is 29.7 Å². The normalized spacial score (nSPS) is 21.2. The first-order valence-corrected chi connectivity index (χ1v) is 6.20. The summed E-state index contributed by atoms with van der Waals surface area (Å²) >= 11 is 0. The molecule has 2 atom stereocenters. The zero-order valence-electron chi connectivity index (χ0n) is 10.4. The summed E-state index contributed by atoms with van der Waals surface area (Å²) in [5, 5.41) is 0. The number of nitrogens with two attached hydrogens (primary N) is 1. The Morgan fingerprint density at radius 3 is 2.35 bits per heavy atom. The van der Waals surface area contributed by atoms with Crippen LogP contribution in [-0.4, -0.2) is 0 Å². The molecule has 1 unspecified atom stereocenters. The van der Waals surface area contributed by atoms with Gasteiger partial charge in [0.1, 0.15) is 29.3 Å². The number of fused-ring (bicyclic) bond motifs is 1. The largest absolute Gasteiger partial charge is 0.485 e. The zero-order chi connectivity index (χ0) is 14.3. The summed E-state index contributed by atoms with van der Waals surface area (Å²) in [6, 6.07) is 6.86. The first kappa shape index (κ1) is 13.0. The van der Waals surface area contributed by atoms with E-state index in [9.17, 15) is 13.2 Å². The highest BCUT2D eigenvalue weighted by Gasteiger charge is 2.28. The maximum absolute atomic E-state index is 13.3. The first-order chi connectivity index (χ1) is 9.52. The van der Waals surface area contributed by atoms with Crippen molar-refractivity contribution in [1.29, 1.82) is 0 Å². The molecular weight excluding hydrogens is 267 g/mol. The topological polar surface area (TPSA) is 35.2 Å². The highest BCUT2D eigenvalue weighted by Crippen LogP contribution is 2.40. The maximum Gasteiger partial charge on any atom is 0.126 e. The van der Waals surface area contributed by atoms with E-state index in [-0.39, 0.29) is 0 Å². The first-order valence-electron chi connectivity index (χ1n) is 6.20. The van der Waals surface area contributed by atoms with Gasteiger partial charge in [0.05, 0.1) is 0 Å². The molecule has 5 heteroatoms. The summed E-state index contributed by atoms with van der Waals surface area (Å²) in [7, 11) is 0. The van der Waals surface area contributed by atoms with Crippen LogP contribution in [0.3, 0.4) is 0 Å². The Hall–Kier alpha value is -2.01. The van der Waals surface area contributed by atoms with Crippen molar-refractivity contribution < 1.29 is 17.9 Å². The minimum absolute atomic E-state index is 0.333. The third-order valence-corrected chi connectivity index (χ3v) is 3.37. The molecule has 0 amide bonds. The van der Waals surface area contributed by atoms with Crippen LogP contribution in [0.4, 0.5) is 13.2 Å². The van der Waals surface area contributed by atoms with Gasteiger partial charge in [-0.05, 0) is 35.9 Å². The molecule has 0 saturated carbocycles. The molecule has 104 valence electrons. The Labute approximate surface area is 114 Å². The highest BCUT2D eigenvalue weighted by atomic mass is 19.1. The molecule has 1 aliphatic rings. The fraction of sp³-hybridized carbons (Fsp3) is 0.200. The number of ether oxygens (including phenoxy) is 1. The fourth-order valence-corrected chi connectivity index (χ4v) is 2.44. The van der Waals surface area contributed by atoms with Gasteiger partial charge in [-0.3, -0.25) is 0 Å². The molecule has 3 rings (SSSR count). The minimum Gasteiger partial charge on any atom is -0.485 e. The molecule has 2 aromatic rings. The third kappa shape index (κ3) is 2.36. The van der Waals surface area contributed by atoms with Gasteiger partial charge in [-0.15, -0.1) is 0 Å². The van der Waals surface area contributed by atoms with E-state index in [4.69, 9.17) is 10.5 Å². The van der Waals surface area contributed by atoms with Crippen LogP contribution in [0, 0.1) is 17.5 Å². The number of hydrogen-bond donors (Lipinski definition) is 1. The molecule has 1 heterocycles. The monoisotopic (exact) mass is 279 g/mol. The van der Waals surface area contributed by atoms with Crippen molar-refractivity contribution in [2.45, 2.75) is 18.6 Å². The Morgan fingerprint density at radius 2 is 1.65 bits per heavy atom. The quantitative estimate of drug-likeness (QED) is 0.865. The predicted octanol–water partition coefficient (Wildman–Crippen LogP) is 3.63. The number of hydrogen-bond acceptors (Lipinski definition) is 2. The van der Waals surface area contributed by atoms with E-state index in [0.717, 1.165) is 6.07 Å². The average molecular weight is 279 g/mol. The molecule has 0 bridgehead atoms. The second-order valence-corrected chi connectivity index (χ2v) is 4.83. The van der Waals surface area contributed by atoms with E-state index >= 15 is 0 Å². The molecule has 0 saturated heterocycles. The smallest absolute Gasteiger partial charge is 0.126 e. The Morgan fingerprint density at radius 1 is 0.950 bits per heavy atom. The van der Waals surface area contributed by atoms with E-state index < -0.39 is 29.6 Å². The average Bonchev–Trinajstić information content (AvgIpc) is 2.38. The van der Waals surface area contributed by atoms with Crippen molar-refractivity contribution in [3.05, 3.63) is 65.0 Å². The van der Waals surface area contributed by atoms with Crippen LogP contribution < -0.4 is 10.5 Å². The molecule has 2 N–H and O–H groups in total. The molecule has 0 spiro atoms. The van der Waals surface area contributed by atoms with Gasteiger partial charge < -0.3 is 10.5 Å². The molecule has 0 aliphatic carbocycles. The van der Waals surface area contributed by atoms with Gasteiger partial charge in [0.2, 0.25) is 0 Å². The van der Waals surface area contributed by atoms with Crippen molar-refractivity contribution in [2.75, 3.05) is 0 Å². The lowest BCUT2D eigenvalue weighted by Gasteiger charge is -2.30. The lowest BCUT2D eigenvalue weighted by atomic mass is 9.93. The van der Waals surface area contributed by atoms with Crippen molar-refractivity contribution in [3.8, 4) is 5.75 Å². The Balaban J connectivity index is 1.96. The number of halogens is 3. The van der Waals surface area contributed by atoms with E-state index in [1.165, 1.54) is 30.3 Å². The molecule has 0 radical (unpaired) electrons. The van der Waals surface area contributed by atoms with E-state index in [1.54, 1.807) is 0 Å². The Kier molecular flexibility index (Phi) is 3.14. The van der Waals surface area contributed by atoms with Gasteiger partial charge in [-0.25, -0.2) is 13.2 Å². The maximum atomic E-state index is 13.3. The van der Waals surface area contributed by atoms with Gasteiger partial charge in [0.15, 0.2) is 0 Å². The highest BCUT2D eigenvalue weighted by molar-refractivity contribution is 5.39. The van der Waals surface area contributed by atoms with Crippen LogP contribution in [0.15, 0.2) is 36.4 Å². The van der Waals surface area contributed by atoms with Crippen LogP contribution in [0.2, 0.25) is 0 Å². The standard InChI is InChI=1S/C15H12F3NO/c16-9-1-2-14-12(6-9)13(19)7-15(20-14)8-3-10(17)5-11(18)4-8/h1-6,13,15H,7,19H2/t13-,15?/m1/s1. The zero-order valence-corrected chi connectivity index (χ0v) is 10.4. The SMILES string of the molecule is N[C@@H]1CC(c2cc(F)cc(F)c2)Oc2ccc(F)cc21. The summed E-state index contributed by atoms with van der Waals surface area (Å²) in [4.78, 5) is 0. The summed E-state index contributed by atoms with van der Waals surface area (Å²) < 4.78 is 45.4. The second-order valence-electron chi connectivity index (χ2n) is 4.83. The summed E-state index contributed by atoms with van der Waals surface area (Å²) in [6.45, 7) is 0. The second kappa shape index (κ2) is 4.83. The minimum atomic E-state index is -0.665. The van der Waals surface area contributed by atoms with Crippen molar-refractivity contribution in [1.82, 2.24) is 0 Å². The lowest BCUT2D eigenvalue weighted by molar-refractivity contribution is 0.160. The number of rotatable bonds is 1. The van der Waals surface area contributed by atoms with Crippen molar-refractivity contribution in [3.63, 3.8) is 0 Å². The van der Waals surface area contributed by atoms with E-state index in [2.05, 4.69) is 0 Å². The summed E-state index contributed by atoms with van der Waals surface area (Å²) in [5.74, 6) is -1.28. The van der Waals surface area contributed by atoms with Gasteiger partial charge in [-0.1, -0.05) is 0 Å². The van der Waals surface area contributed by atoms with Gasteiger partial charge >= 0.3 is 0 Å². The van der Waals surface area contributed by atoms with Gasteiger partial charge in [-0.2, -0.15) is 0 Å². The van der Waals surface area contributed by atoms with Crippen molar-refractivity contribution >= 4 is 0 Å². The van der Waals surface area contributed by atoms with Crippen molar-refractivity contribution in [2.24, 2.45) is 5.73 Å².